The van der Waals surface area contributed by atoms with Gasteiger partial charge in [0.2, 0.25) is 0 Å². The number of hydrogen-bond acceptors (Lipinski definition) is 3. The molecule has 3 aromatic carbocycles. The van der Waals surface area contributed by atoms with E-state index in [1.807, 2.05) is 66.7 Å². The van der Waals surface area contributed by atoms with Crippen LogP contribution in [0.5, 0.6) is 17.2 Å². The van der Waals surface area contributed by atoms with E-state index >= 15 is 0 Å². The number of halogens is 2. The van der Waals surface area contributed by atoms with Crippen LogP contribution in [0.2, 0.25) is 10.0 Å². The SMILES string of the molecule is CCCCCOc1c(Cl)cc(C(C)(C)COCc2cccc(Oc3ccccc3)c2)cc1Cl. The Hall–Kier alpha value is -2.20. The highest BCUT2D eigenvalue weighted by Gasteiger charge is 2.24. The van der Waals surface area contributed by atoms with Crippen molar-refractivity contribution in [3.8, 4) is 17.2 Å². The van der Waals surface area contributed by atoms with E-state index < -0.39 is 0 Å². The van der Waals surface area contributed by atoms with Crippen LogP contribution in [-0.2, 0) is 16.8 Å². The molecule has 0 bridgehead atoms. The third-order valence-corrected chi connectivity index (χ3v) is 5.94. The predicted octanol–water partition coefficient (Wildman–Crippen LogP) is 8.85. The van der Waals surface area contributed by atoms with Crippen molar-refractivity contribution in [3.05, 3.63) is 87.9 Å². The lowest BCUT2D eigenvalue weighted by Gasteiger charge is -2.26. The standard InChI is InChI=1S/C28H32Cl2O3/c1-4-5-9-15-32-27-25(29)17-22(18-26(27)30)28(2,3)20-31-19-21-11-10-14-24(16-21)33-23-12-7-6-8-13-23/h6-8,10-14,16-18H,4-5,9,15,19-20H2,1-3H3. The van der Waals surface area contributed by atoms with Crippen LogP contribution in [0.25, 0.3) is 0 Å². The van der Waals surface area contributed by atoms with Crippen LogP contribution in [0, 0.1) is 0 Å². The molecule has 0 fully saturated rings. The normalized spacial score (nSPS) is 11.4. The fourth-order valence-corrected chi connectivity index (χ4v) is 4.04. The molecule has 5 heteroatoms. The highest BCUT2D eigenvalue weighted by atomic mass is 35.5. The minimum atomic E-state index is -0.272. The van der Waals surface area contributed by atoms with Crippen LogP contribution in [0.4, 0.5) is 0 Å². The van der Waals surface area contributed by atoms with Gasteiger partial charge in [0.05, 0.1) is 29.9 Å². The maximum atomic E-state index is 6.50. The smallest absolute Gasteiger partial charge is 0.156 e. The molecule has 0 saturated carbocycles. The molecule has 0 aliphatic carbocycles. The first-order valence-corrected chi connectivity index (χ1v) is 12.2. The topological polar surface area (TPSA) is 27.7 Å². The van der Waals surface area contributed by atoms with Gasteiger partial charge in [0.25, 0.3) is 0 Å². The number of ether oxygens (including phenoxy) is 3. The quantitative estimate of drug-likeness (QED) is 0.239. The summed E-state index contributed by atoms with van der Waals surface area (Å²) in [5.74, 6) is 2.16. The van der Waals surface area contributed by atoms with Gasteiger partial charge in [-0.3, -0.25) is 0 Å². The molecule has 3 aromatic rings. The van der Waals surface area contributed by atoms with Gasteiger partial charge in [-0.2, -0.15) is 0 Å². The first kappa shape index (κ1) is 25.4. The Morgan fingerprint density at radius 2 is 1.52 bits per heavy atom. The Balaban J connectivity index is 1.58. The van der Waals surface area contributed by atoms with E-state index in [4.69, 9.17) is 37.4 Å². The van der Waals surface area contributed by atoms with Gasteiger partial charge in [-0.25, -0.2) is 0 Å². The van der Waals surface area contributed by atoms with E-state index in [9.17, 15) is 0 Å². The monoisotopic (exact) mass is 486 g/mol. The van der Waals surface area contributed by atoms with Gasteiger partial charge in [-0.15, -0.1) is 0 Å². The number of rotatable bonds is 12. The van der Waals surface area contributed by atoms with Crippen molar-refractivity contribution < 1.29 is 14.2 Å². The zero-order valence-electron chi connectivity index (χ0n) is 19.6. The summed E-state index contributed by atoms with van der Waals surface area (Å²) in [6.07, 6.45) is 3.25. The maximum Gasteiger partial charge on any atom is 0.156 e. The molecule has 176 valence electrons. The molecule has 3 rings (SSSR count). The second-order valence-electron chi connectivity index (χ2n) is 8.76. The molecule has 0 aromatic heterocycles. The Morgan fingerprint density at radius 3 is 2.21 bits per heavy atom. The molecular formula is C28H32Cl2O3. The molecule has 33 heavy (non-hydrogen) atoms. The fraction of sp³-hybridized carbons (Fsp3) is 0.357. The van der Waals surface area contributed by atoms with Crippen molar-refractivity contribution in [1.29, 1.82) is 0 Å². The van der Waals surface area contributed by atoms with Crippen LogP contribution in [0.15, 0.2) is 66.7 Å². The molecule has 0 saturated heterocycles. The van der Waals surface area contributed by atoms with Crippen LogP contribution in [0.3, 0.4) is 0 Å². The zero-order chi connectivity index (χ0) is 23.7. The lowest BCUT2D eigenvalue weighted by Crippen LogP contribution is -2.24. The van der Waals surface area contributed by atoms with Crippen molar-refractivity contribution in [3.63, 3.8) is 0 Å². The minimum Gasteiger partial charge on any atom is -0.490 e. The van der Waals surface area contributed by atoms with Gasteiger partial charge in [-0.05, 0) is 53.9 Å². The Labute approximate surface area is 207 Å². The second kappa shape index (κ2) is 12.3. The van der Waals surface area contributed by atoms with Crippen molar-refractivity contribution in [2.45, 2.75) is 52.1 Å². The van der Waals surface area contributed by atoms with E-state index in [1.165, 1.54) is 0 Å². The van der Waals surface area contributed by atoms with E-state index in [-0.39, 0.29) is 5.41 Å². The van der Waals surface area contributed by atoms with Crippen LogP contribution in [0.1, 0.15) is 51.2 Å². The van der Waals surface area contributed by atoms with Crippen molar-refractivity contribution >= 4 is 23.2 Å². The molecule has 0 atom stereocenters. The first-order chi connectivity index (χ1) is 15.9. The molecule has 0 spiro atoms. The summed E-state index contributed by atoms with van der Waals surface area (Å²) in [4.78, 5) is 0. The lowest BCUT2D eigenvalue weighted by atomic mass is 9.85. The van der Waals surface area contributed by atoms with Gasteiger partial charge < -0.3 is 14.2 Å². The third-order valence-electron chi connectivity index (χ3n) is 5.38. The van der Waals surface area contributed by atoms with Crippen LogP contribution >= 0.6 is 23.2 Å². The molecule has 0 radical (unpaired) electrons. The summed E-state index contributed by atoms with van der Waals surface area (Å²) in [5, 5.41) is 1.07. The Bertz CT molecular complexity index is 996. The Morgan fingerprint density at radius 1 is 0.818 bits per heavy atom. The van der Waals surface area contributed by atoms with E-state index in [1.54, 1.807) is 0 Å². The average molecular weight is 487 g/mol. The molecule has 0 aliphatic rings. The molecule has 0 N–H and O–H groups in total. The van der Waals surface area contributed by atoms with Crippen molar-refractivity contribution in [2.24, 2.45) is 0 Å². The number of benzene rings is 3. The van der Waals surface area contributed by atoms with Crippen molar-refractivity contribution in [2.75, 3.05) is 13.2 Å². The second-order valence-corrected chi connectivity index (χ2v) is 9.58. The van der Waals surface area contributed by atoms with Gasteiger partial charge in [0, 0.05) is 5.41 Å². The molecule has 0 amide bonds. The summed E-state index contributed by atoms with van der Waals surface area (Å²) >= 11 is 13.0. The highest BCUT2D eigenvalue weighted by Crippen LogP contribution is 2.38. The van der Waals surface area contributed by atoms with Crippen LogP contribution < -0.4 is 9.47 Å². The number of para-hydroxylation sites is 1. The van der Waals surface area contributed by atoms with E-state index in [0.29, 0.717) is 35.6 Å². The van der Waals surface area contributed by atoms with Crippen molar-refractivity contribution in [1.82, 2.24) is 0 Å². The summed E-state index contributed by atoms with van der Waals surface area (Å²) in [7, 11) is 0. The largest absolute Gasteiger partial charge is 0.490 e. The molecule has 0 unspecified atom stereocenters. The number of hydrogen-bond donors (Lipinski definition) is 0. The molecule has 0 heterocycles. The van der Waals surface area contributed by atoms with Gasteiger partial charge in [0.15, 0.2) is 5.75 Å². The maximum absolute atomic E-state index is 6.50. The average Bonchev–Trinajstić information content (AvgIpc) is 2.79. The lowest BCUT2D eigenvalue weighted by molar-refractivity contribution is 0.0824. The summed E-state index contributed by atoms with van der Waals surface area (Å²) in [5.41, 5.74) is 1.79. The highest BCUT2D eigenvalue weighted by molar-refractivity contribution is 6.37. The fourth-order valence-electron chi connectivity index (χ4n) is 3.45. The van der Waals surface area contributed by atoms with Crippen LogP contribution in [-0.4, -0.2) is 13.2 Å². The first-order valence-electron chi connectivity index (χ1n) is 11.4. The van der Waals surface area contributed by atoms with E-state index in [2.05, 4.69) is 20.8 Å². The minimum absolute atomic E-state index is 0.272. The van der Waals surface area contributed by atoms with Gasteiger partial charge in [-0.1, -0.05) is 87.1 Å². The zero-order valence-corrected chi connectivity index (χ0v) is 21.1. The summed E-state index contributed by atoms with van der Waals surface area (Å²) in [6, 6.07) is 21.5. The predicted molar refractivity (Wildman–Crippen MR) is 137 cm³/mol. The summed E-state index contributed by atoms with van der Waals surface area (Å²) < 4.78 is 17.8. The van der Waals surface area contributed by atoms with E-state index in [0.717, 1.165) is 41.9 Å². The van der Waals surface area contributed by atoms with Gasteiger partial charge in [0.1, 0.15) is 11.5 Å². The van der Waals surface area contributed by atoms with Gasteiger partial charge >= 0.3 is 0 Å². The Kier molecular flexibility index (Phi) is 9.49. The number of unbranched alkanes of at least 4 members (excludes halogenated alkanes) is 2. The molecule has 0 aliphatic heterocycles. The molecule has 3 nitrogen and oxygen atoms in total. The third kappa shape index (κ3) is 7.67. The molecular weight excluding hydrogens is 455 g/mol. The summed E-state index contributed by atoms with van der Waals surface area (Å²) in [6.45, 7) is 8.01.